The number of benzene rings is 2. The van der Waals surface area contributed by atoms with Gasteiger partial charge in [0.2, 0.25) is 0 Å². The minimum absolute atomic E-state index is 0.256. The lowest BCUT2D eigenvalue weighted by Gasteiger charge is -2.09. The zero-order valence-electron chi connectivity index (χ0n) is 10.3. The molecule has 2 heteroatoms. The van der Waals surface area contributed by atoms with Crippen LogP contribution in [0.5, 0.6) is 17.2 Å². The van der Waals surface area contributed by atoms with Gasteiger partial charge in [-0.2, -0.15) is 0 Å². The van der Waals surface area contributed by atoms with Gasteiger partial charge in [0.25, 0.3) is 0 Å². The number of phenolic OH excluding ortho intramolecular Hbond substituents is 1. The molecular formula is C15H16O2. The largest absolute Gasteiger partial charge is 0.508 e. The van der Waals surface area contributed by atoms with Gasteiger partial charge in [0, 0.05) is 6.07 Å². The van der Waals surface area contributed by atoms with Crippen molar-refractivity contribution in [2.45, 2.75) is 20.8 Å². The van der Waals surface area contributed by atoms with Gasteiger partial charge in [-0.3, -0.25) is 0 Å². The molecule has 0 aliphatic rings. The van der Waals surface area contributed by atoms with Gasteiger partial charge in [-0.15, -0.1) is 0 Å². The standard InChI is InChI=1S/C15H16O2/c1-10-6-11(2)8-14(7-10)17-13-5-4-12(3)15(16)9-13/h4-9,16H,1-3H3. The predicted octanol–water partition coefficient (Wildman–Crippen LogP) is 4.11. The van der Waals surface area contributed by atoms with E-state index in [4.69, 9.17) is 4.74 Å². The molecule has 0 aromatic heterocycles. The van der Waals surface area contributed by atoms with Crippen LogP contribution >= 0.6 is 0 Å². The number of ether oxygens (including phenoxy) is 1. The Morgan fingerprint density at radius 2 is 1.47 bits per heavy atom. The lowest BCUT2D eigenvalue weighted by molar-refractivity contribution is 0.452. The van der Waals surface area contributed by atoms with Crippen LogP contribution in [-0.2, 0) is 0 Å². The van der Waals surface area contributed by atoms with Crippen molar-refractivity contribution in [1.29, 1.82) is 0 Å². The minimum Gasteiger partial charge on any atom is -0.508 e. The molecule has 2 nitrogen and oxygen atoms in total. The third-order valence-corrected chi connectivity index (χ3v) is 2.61. The SMILES string of the molecule is Cc1cc(C)cc(Oc2ccc(C)c(O)c2)c1. The minimum atomic E-state index is 0.256. The van der Waals surface area contributed by atoms with Crippen LogP contribution in [0.2, 0.25) is 0 Å². The van der Waals surface area contributed by atoms with Crippen LogP contribution in [0.25, 0.3) is 0 Å². The van der Waals surface area contributed by atoms with E-state index in [2.05, 4.69) is 6.07 Å². The number of phenols is 1. The summed E-state index contributed by atoms with van der Waals surface area (Å²) in [7, 11) is 0. The van der Waals surface area contributed by atoms with Gasteiger partial charge in [0.15, 0.2) is 0 Å². The molecule has 0 aliphatic heterocycles. The fourth-order valence-electron chi connectivity index (χ4n) is 1.78. The van der Waals surface area contributed by atoms with Crippen molar-refractivity contribution in [1.82, 2.24) is 0 Å². The highest BCUT2D eigenvalue weighted by Gasteiger charge is 2.02. The Kier molecular flexibility index (Phi) is 3.05. The maximum atomic E-state index is 9.61. The molecule has 0 fully saturated rings. The van der Waals surface area contributed by atoms with Crippen molar-refractivity contribution in [2.75, 3.05) is 0 Å². The Morgan fingerprint density at radius 1 is 0.824 bits per heavy atom. The quantitative estimate of drug-likeness (QED) is 0.838. The molecule has 0 atom stereocenters. The van der Waals surface area contributed by atoms with E-state index in [-0.39, 0.29) is 5.75 Å². The van der Waals surface area contributed by atoms with Crippen LogP contribution in [0, 0.1) is 20.8 Å². The molecular weight excluding hydrogens is 212 g/mol. The van der Waals surface area contributed by atoms with E-state index in [0.29, 0.717) is 5.75 Å². The first-order valence-corrected chi connectivity index (χ1v) is 5.60. The summed E-state index contributed by atoms with van der Waals surface area (Å²) < 4.78 is 5.72. The monoisotopic (exact) mass is 228 g/mol. The van der Waals surface area contributed by atoms with Crippen LogP contribution in [0.4, 0.5) is 0 Å². The zero-order chi connectivity index (χ0) is 12.4. The third-order valence-electron chi connectivity index (χ3n) is 2.61. The Balaban J connectivity index is 2.28. The van der Waals surface area contributed by atoms with Gasteiger partial charge in [0.05, 0.1) is 0 Å². The first-order valence-electron chi connectivity index (χ1n) is 5.60. The van der Waals surface area contributed by atoms with Gasteiger partial charge in [-0.25, -0.2) is 0 Å². The van der Waals surface area contributed by atoms with Crippen molar-refractivity contribution in [3.8, 4) is 17.2 Å². The maximum absolute atomic E-state index is 9.61. The number of aromatic hydroxyl groups is 1. The molecule has 0 radical (unpaired) electrons. The lowest BCUT2D eigenvalue weighted by Crippen LogP contribution is -1.87. The van der Waals surface area contributed by atoms with Crippen LogP contribution in [0.15, 0.2) is 36.4 Å². The molecule has 0 saturated carbocycles. The van der Waals surface area contributed by atoms with E-state index in [1.807, 2.05) is 45.0 Å². The number of rotatable bonds is 2. The van der Waals surface area contributed by atoms with E-state index < -0.39 is 0 Å². The van der Waals surface area contributed by atoms with Crippen LogP contribution in [0.3, 0.4) is 0 Å². The van der Waals surface area contributed by atoms with Crippen LogP contribution in [0.1, 0.15) is 16.7 Å². The molecule has 0 saturated heterocycles. The summed E-state index contributed by atoms with van der Waals surface area (Å²) in [5.41, 5.74) is 3.17. The van der Waals surface area contributed by atoms with E-state index in [0.717, 1.165) is 22.4 Å². The molecule has 88 valence electrons. The Bertz CT molecular complexity index is 524. The highest BCUT2D eigenvalue weighted by Crippen LogP contribution is 2.28. The van der Waals surface area contributed by atoms with E-state index in [9.17, 15) is 5.11 Å². The van der Waals surface area contributed by atoms with Crippen LogP contribution < -0.4 is 4.74 Å². The summed E-state index contributed by atoms with van der Waals surface area (Å²) in [6, 6.07) is 11.4. The predicted molar refractivity (Wildman–Crippen MR) is 68.8 cm³/mol. The third kappa shape index (κ3) is 2.78. The van der Waals surface area contributed by atoms with Crippen molar-refractivity contribution in [3.63, 3.8) is 0 Å². The van der Waals surface area contributed by atoms with E-state index in [1.165, 1.54) is 0 Å². The average molecular weight is 228 g/mol. The highest BCUT2D eigenvalue weighted by molar-refractivity contribution is 5.42. The molecule has 2 rings (SSSR count). The van der Waals surface area contributed by atoms with Gasteiger partial charge in [0.1, 0.15) is 17.2 Å². The second kappa shape index (κ2) is 4.50. The molecule has 0 amide bonds. The van der Waals surface area contributed by atoms with Crippen molar-refractivity contribution in [2.24, 2.45) is 0 Å². The molecule has 2 aromatic carbocycles. The molecule has 0 unspecified atom stereocenters. The smallest absolute Gasteiger partial charge is 0.131 e. The second-order valence-corrected chi connectivity index (χ2v) is 4.37. The normalized spacial score (nSPS) is 10.3. The van der Waals surface area contributed by atoms with Gasteiger partial charge in [-0.1, -0.05) is 12.1 Å². The maximum Gasteiger partial charge on any atom is 0.131 e. The molecule has 0 heterocycles. The number of aryl methyl sites for hydroxylation is 3. The van der Waals surface area contributed by atoms with Crippen molar-refractivity contribution < 1.29 is 9.84 Å². The number of hydrogen-bond acceptors (Lipinski definition) is 2. The van der Waals surface area contributed by atoms with Crippen molar-refractivity contribution in [3.05, 3.63) is 53.1 Å². The highest BCUT2D eigenvalue weighted by atomic mass is 16.5. The molecule has 17 heavy (non-hydrogen) atoms. The van der Waals surface area contributed by atoms with E-state index in [1.54, 1.807) is 6.07 Å². The fraction of sp³-hybridized carbons (Fsp3) is 0.200. The summed E-state index contributed by atoms with van der Waals surface area (Å²) in [4.78, 5) is 0. The average Bonchev–Trinajstić information content (AvgIpc) is 2.22. The van der Waals surface area contributed by atoms with E-state index >= 15 is 0 Å². The topological polar surface area (TPSA) is 29.5 Å². The molecule has 0 aliphatic carbocycles. The Hall–Kier alpha value is -1.96. The second-order valence-electron chi connectivity index (χ2n) is 4.37. The van der Waals surface area contributed by atoms with Crippen LogP contribution in [-0.4, -0.2) is 5.11 Å². The fourth-order valence-corrected chi connectivity index (χ4v) is 1.78. The summed E-state index contributed by atoms with van der Waals surface area (Å²) in [5, 5.41) is 9.61. The summed E-state index contributed by atoms with van der Waals surface area (Å²) >= 11 is 0. The van der Waals surface area contributed by atoms with Crippen molar-refractivity contribution >= 4 is 0 Å². The Morgan fingerprint density at radius 3 is 2.06 bits per heavy atom. The molecule has 0 spiro atoms. The molecule has 0 bridgehead atoms. The first-order chi connectivity index (χ1) is 8.04. The summed E-state index contributed by atoms with van der Waals surface area (Å²) in [6.07, 6.45) is 0. The number of hydrogen-bond donors (Lipinski definition) is 1. The van der Waals surface area contributed by atoms with Gasteiger partial charge >= 0.3 is 0 Å². The molecule has 1 N–H and O–H groups in total. The summed E-state index contributed by atoms with van der Waals surface area (Å²) in [5.74, 6) is 1.70. The molecule has 2 aromatic rings. The lowest BCUT2D eigenvalue weighted by atomic mass is 10.1. The Labute approximate surface area is 101 Å². The van der Waals surface area contributed by atoms with Gasteiger partial charge in [-0.05, 0) is 55.7 Å². The summed E-state index contributed by atoms with van der Waals surface area (Å²) in [6.45, 7) is 5.93. The zero-order valence-corrected chi connectivity index (χ0v) is 10.3. The van der Waals surface area contributed by atoms with Gasteiger partial charge < -0.3 is 9.84 Å². The first kappa shape index (κ1) is 11.5.